The van der Waals surface area contributed by atoms with Gasteiger partial charge in [0.2, 0.25) is 0 Å². The third-order valence-corrected chi connectivity index (χ3v) is 2.88. The zero-order valence-corrected chi connectivity index (χ0v) is 9.27. The molecule has 1 aromatic carbocycles. The standard InChI is InChI=1S/C13H15NO2/c1-16-13(15)12(14)8-10-7-6-9-4-2-3-5-11(9)10/h2-5,7,12H,6,8,14H2,1H3/t12-/m1/s1. The molecule has 1 atom stereocenters. The molecule has 1 aromatic rings. The van der Waals surface area contributed by atoms with Crippen LogP contribution >= 0.6 is 0 Å². The van der Waals surface area contributed by atoms with Crippen LogP contribution in [0.15, 0.2) is 30.3 Å². The lowest BCUT2D eigenvalue weighted by Crippen LogP contribution is -2.31. The van der Waals surface area contributed by atoms with E-state index in [4.69, 9.17) is 5.73 Å². The van der Waals surface area contributed by atoms with Gasteiger partial charge in [0, 0.05) is 0 Å². The zero-order chi connectivity index (χ0) is 11.5. The van der Waals surface area contributed by atoms with Crippen molar-refractivity contribution in [3.63, 3.8) is 0 Å². The fraction of sp³-hybridized carbons (Fsp3) is 0.308. The maximum absolute atomic E-state index is 11.2. The number of fused-ring (bicyclic) bond motifs is 1. The fourth-order valence-corrected chi connectivity index (χ4v) is 2.02. The molecule has 2 N–H and O–H groups in total. The fourth-order valence-electron chi connectivity index (χ4n) is 2.02. The Hall–Kier alpha value is -1.61. The first kappa shape index (κ1) is 10.9. The molecule has 0 unspecified atom stereocenters. The number of ether oxygens (including phenoxy) is 1. The quantitative estimate of drug-likeness (QED) is 0.781. The van der Waals surface area contributed by atoms with E-state index in [0.717, 1.165) is 12.0 Å². The van der Waals surface area contributed by atoms with Crippen molar-refractivity contribution >= 4 is 11.5 Å². The molecule has 2 rings (SSSR count). The lowest BCUT2D eigenvalue weighted by Gasteiger charge is -2.11. The van der Waals surface area contributed by atoms with Crippen molar-refractivity contribution in [2.75, 3.05) is 7.11 Å². The zero-order valence-electron chi connectivity index (χ0n) is 9.27. The van der Waals surface area contributed by atoms with Crippen LogP contribution in [0.5, 0.6) is 0 Å². The van der Waals surface area contributed by atoms with Gasteiger partial charge in [-0.05, 0) is 29.5 Å². The summed E-state index contributed by atoms with van der Waals surface area (Å²) in [6.07, 6.45) is 3.61. The first-order chi connectivity index (χ1) is 7.72. The van der Waals surface area contributed by atoms with Crippen molar-refractivity contribution in [3.8, 4) is 0 Å². The van der Waals surface area contributed by atoms with Gasteiger partial charge in [0.25, 0.3) is 0 Å². The molecule has 16 heavy (non-hydrogen) atoms. The minimum atomic E-state index is -0.567. The van der Waals surface area contributed by atoms with Crippen LogP contribution in [-0.4, -0.2) is 19.1 Å². The molecule has 0 saturated carbocycles. The molecule has 84 valence electrons. The molecular formula is C13H15NO2. The monoisotopic (exact) mass is 217 g/mol. The van der Waals surface area contributed by atoms with Gasteiger partial charge < -0.3 is 10.5 Å². The average Bonchev–Trinajstić information content (AvgIpc) is 2.72. The molecule has 3 heteroatoms. The van der Waals surface area contributed by atoms with Gasteiger partial charge in [0.1, 0.15) is 6.04 Å². The lowest BCUT2D eigenvalue weighted by molar-refractivity contribution is -0.142. The van der Waals surface area contributed by atoms with E-state index in [-0.39, 0.29) is 5.97 Å². The molecule has 1 aliphatic rings. The van der Waals surface area contributed by atoms with Crippen molar-refractivity contribution < 1.29 is 9.53 Å². The highest BCUT2D eigenvalue weighted by Crippen LogP contribution is 2.30. The molecule has 1 aliphatic carbocycles. The second kappa shape index (κ2) is 4.49. The lowest BCUT2D eigenvalue weighted by atomic mass is 10.0. The Bertz CT molecular complexity index is 437. The first-order valence-corrected chi connectivity index (χ1v) is 5.33. The Morgan fingerprint density at radius 3 is 3.00 bits per heavy atom. The summed E-state index contributed by atoms with van der Waals surface area (Å²) < 4.78 is 4.62. The maximum Gasteiger partial charge on any atom is 0.322 e. The van der Waals surface area contributed by atoms with Crippen LogP contribution in [0, 0.1) is 0 Å². The van der Waals surface area contributed by atoms with E-state index in [2.05, 4.69) is 22.9 Å². The number of hydrogen-bond donors (Lipinski definition) is 1. The van der Waals surface area contributed by atoms with Crippen molar-refractivity contribution in [3.05, 3.63) is 41.5 Å². The Balaban J connectivity index is 2.11. The van der Waals surface area contributed by atoms with Crippen LogP contribution in [0.25, 0.3) is 5.57 Å². The van der Waals surface area contributed by atoms with Crippen molar-refractivity contribution in [1.82, 2.24) is 0 Å². The molecule has 0 radical (unpaired) electrons. The van der Waals surface area contributed by atoms with E-state index in [1.54, 1.807) is 0 Å². The summed E-state index contributed by atoms with van der Waals surface area (Å²) in [5.74, 6) is -0.356. The van der Waals surface area contributed by atoms with Gasteiger partial charge in [0.15, 0.2) is 0 Å². The summed E-state index contributed by atoms with van der Waals surface area (Å²) >= 11 is 0. The number of benzene rings is 1. The highest BCUT2D eigenvalue weighted by Gasteiger charge is 2.20. The average molecular weight is 217 g/mol. The second-order valence-electron chi connectivity index (χ2n) is 3.92. The number of esters is 1. The van der Waals surface area contributed by atoms with Crippen LogP contribution in [0.2, 0.25) is 0 Å². The number of nitrogens with two attached hydrogens (primary N) is 1. The summed E-state index contributed by atoms with van der Waals surface area (Å²) in [5.41, 5.74) is 9.41. The van der Waals surface area contributed by atoms with E-state index >= 15 is 0 Å². The number of rotatable bonds is 3. The predicted molar refractivity (Wildman–Crippen MR) is 62.7 cm³/mol. The van der Waals surface area contributed by atoms with Gasteiger partial charge in [-0.25, -0.2) is 0 Å². The largest absolute Gasteiger partial charge is 0.468 e. The first-order valence-electron chi connectivity index (χ1n) is 5.33. The topological polar surface area (TPSA) is 52.3 Å². The number of methoxy groups -OCH3 is 1. The highest BCUT2D eigenvalue weighted by atomic mass is 16.5. The smallest absolute Gasteiger partial charge is 0.322 e. The summed E-state index contributed by atoms with van der Waals surface area (Å²) in [6.45, 7) is 0. The number of hydrogen-bond acceptors (Lipinski definition) is 3. The SMILES string of the molecule is COC(=O)[C@H](N)CC1=CCc2ccccc21. The summed E-state index contributed by atoms with van der Waals surface area (Å²) in [6, 6.07) is 7.63. The van der Waals surface area contributed by atoms with Crippen LogP contribution in [0.1, 0.15) is 17.5 Å². The van der Waals surface area contributed by atoms with Crippen LogP contribution in [0.3, 0.4) is 0 Å². The third-order valence-electron chi connectivity index (χ3n) is 2.88. The molecule has 0 spiro atoms. The minimum Gasteiger partial charge on any atom is -0.468 e. The molecule has 0 aromatic heterocycles. The van der Waals surface area contributed by atoms with Crippen LogP contribution < -0.4 is 5.73 Å². The molecule has 0 saturated heterocycles. The van der Waals surface area contributed by atoms with Crippen LogP contribution in [0.4, 0.5) is 0 Å². The molecule has 0 fully saturated rings. The summed E-state index contributed by atoms with van der Waals surface area (Å²) in [4.78, 5) is 11.2. The van der Waals surface area contributed by atoms with Crippen molar-refractivity contribution in [2.24, 2.45) is 5.73 Å². The van der Waals surface area contributed by atoms with E-state index < -0.39 is 6.04 Å². The second-order valence-corrected chi connectivity index (χ2v) is 3.92. The van der Waals surface area contributed by atoms with Gasteiger partial charge in [-0.3, -0.25) is 4.79 Å². The van der Waals surface area contributed by atoms with Gasteiger partial charge in [0.05, 0.1) is 7.11 Å². The molecule has 0 amide bonds. The summed E-state index contributed by atoms with van der Waals surface area (Å²) in [5, 5.41) is 0. The molecular weight excluding hydrogens is 202 g/mol. The van der Waals surface area contributed by atoms with Gasteiger partial charge in [-0.15, -0.1) is 0 Å². The van der Waals surface area contributed by atoms with Crippen LogP contribution in [-0.2, 0) is 16.0 Å². The number of carbonyl (C=O) groups is 1. The Morgan fingerprint density at radius 2 is 2.25 bits per heavy atom. The van der Waals surface area contributed by atoms with E-state index in [0.29, 0.717) is 6.42 Å². The molecule has 0 aliphatic heterocycles. The Labute approximate surface area is 94.9 Å². The van der Waals surface area contributed by atoms with Crippen molar-refractivity contribution in [2.45, 2.75) is 18.9 Å². The highest BCUT2D eigenvalue weighted by molar-refractivity contribution is 5.81. The third kappa shape index (κ3) is 1.99. The molecule has 0 heterocycles. The van der Waals surface area contributed by atoms with E-state index in [1.807, 2.05) is 12.1 Å². The normalized spacial score (nSPS) is 15.2. The summed E-state index contributed by atoms with van der Waals surface area (Å²) in [7, 11) is 1.36. The molecule has 3 nitrogen and oxygen atoms in total. The molecule has 0 bridgehead atoms. The number of allylic oxidation sites excluding steroid dienone is 1. The van der Waals surface area contributed by atoms with Gasteiger partial charge in [-0.2, -0.15) is 0 Å². The minimum absolute atomic E-state index is 0.356. The number of carbonyl (C=O) groups excluding carboxylic acids is 1. The Kier molecular flexibility index (Phi) is 3.06. The maximum atomic E-state index is 11.2. The van der Waals surface area contributed by atoms with E-state index in [1.165, 1.54) is 18.2 Å². The van der Waals surface area contributed by atoms with Crippen molar-refractivity contribution in [1.29, 1.82) is 0 Å². The van der Waals surface area contributed by atoms with E-state index in [9.17, 15) is 4.79 Å². The van der Waals surface area contributed by atoms with Gasteiger partial charge in [-0.1, -0.05) is 30.3 Å². The Morgan fingerprint density at radius 1 is 1.50 bits per heavy atom. The predicted octanol–water partition coefficient (Wildman–Crippen LogP) is 1.52. The van der Waals surface area contributed by atoms with Gasteiger partial charge >= 0.3 is 5.97 Å².